The van der Waals surface area contributed by atoms with Crippen molar-refractivity contribution >= 4 is 38.8 Å². The summed E-state index contributed by atoms with van der Waals surface area (Å²) in [5.41, 5.74) is 1.04. The van der Waals surface area contributed by atoms with E-state index in [1.54, 1.807) is 0 Å². The second-order valence-corrected chi connectivity index (χ2v) is 6.18. The van der Waals surface area contributed by atoms with E-state index in [9.17, 15) is 10.1 Å². The standard InChI is InChI=1S/C13H11ClN4O2S/c1-7(2)10-11(18(19)20)12(14)17(16-10)13-15-8-5-3-4-6-9(8)21-13/h3-7H,1-2H3. The van der Waals surface area contributed by atoms with Gasteiger partial charge in [-0.1, -0.05) is 48.9 Å². The maximum atomic E-state index is 11.2. The summed E-state index contributed by atoms with van der Waals surface area (Å²) in [4.78, 5) is 15.2. The van der Waals surface area contributed by atoms with Gasteiger partial charge in [-0.05, 0) is 12.1 Å². The molecular weight excluding hydrogens is 312 g/mol. The van der Waals surface area contributed by atoms with E-state index in [2.05, 4.69) is 10.1 Å². The fraction of sp³-hybridized carbons (Fsp3) is 0.231. The van der Waals surface area contributed by atoms with Crippen LogP contribution in [0.25, 0.3) is 15.3 Å². The van der Waals surface area contributed by atoms with Crippen LogP contribution >= 0.6 is 22.9 Å². The minimum atomic E-state index is -0.492. The highest BCUT2D eigenvalue weighted by atomic mass is 35.5. The van der Waals surface area contributed by atoms with Crippen molar-refractivity contribution in [1.29, 1.82) is 0 Å². The number of aromatic nitrogens is 3. The van der Waals surface area contributed by atoms with Gasteiger partial charge >= 0.3 is 5.69 Å². The van der Waals surface area contributed by atoms with Crippen molar-refractivity contribution in [1.82, 2.24) is 14.8 Å². The number of thiazole rings is 1. The smallest absolute Gasteiger partial charge is 0.258 e. The molecule has 3 aromatic rings. The van der Waals surface area contributed by atoms with Gasteiger partial charge in [0.2, 0.25) is 10.3 Å². The van der Waals surface area contributed by atoms with E-state index in [4.69, 9.17) is 11.6 Å². The predicted molar refractivity (Wildman–Crippen MR) is 82.5 cm³/mol. The lowest BCUT2D eigenvalue weighted by Gasteiger charge is -1.97. The monoisotopic (exact) mass is 322 g/mol. The molecule has 0 aliphatic heterocycles. The van der Waals surface area contributed by atoms with Crippen molar-refractivity contribution in [3.05, 3.63) is 45.2 Å². The van der Waals surface area contributed by atoms with Gasteiger partial charge in [-0.25, -0.2) is 4.98 Å². The van der Waals surface area contributed by atoms with Crippen LogP contribution in [0.2, 0.25) is 5.15 Å². The highest BCUT2D eigenvalue weighted by molar-refractivity contribution is 7.20. The zero-order valence-electron chi connectivity index (χ0n) is 11.3. The fourth-order valence-corrected chi connectivity index (χ4v) is 3.30. The van der Waals surface area contributed by atoms with Gasteiger partial charge in [0.1, 0.15) is 5.69 Å². The Morgan fingerprint density at radius 3 is 2.67 bits per heavy atom. The third-order valence-corrected chi connectivity index (χ3v) is 4.38. The molecule has 0 unspecified atom stereocenters. The van der Waals surface area contributed by atoms with Crippen molar-refractivity contribution in [3.63, 3.8) is 0 Å². The molecule has 0 N–H and O–H groups in total. The molecule has 0 amide bonds. The van der Waals surface area contributed by atoms with Gasteiger partial charge in [-0.3, -0.25) is 10.1 Å². The van der Waals surface area contributed by atoms with Crippen molar-refractivity contribution in [2.75, 3.05) is 0 Å². The van der Waals surface area contributed by atoms with Crippen molar-refractivity contribution in [2.24, 2.45) is 0 Å². The van der Waals surface area contributed by atoms with Gasteiger partial charge in [-0.15, -0.1) is 0 Å². The molecule has 0 fully saturated rings. The maximum absolute atomic E-state index is 11.2. The molecule has 0 aliphatic carbocycles. The van der Waals surface area contributed by atoms with Crippen LogP contribution in [-0.2, 0) is 0 Å². The molecule has 3 rings (SSSR count). The van der Waals surface area contributed by atoms with Gasteiger partial charge in [0, 0.05) is 5.92 Å². The molecule has 8 heteroatoms. The first-order valence-corrected chi connectivity index (χ1v) is 7.47. The SMILES string of the molecule is CC(C)c1nn(-c2nc3ccccc3s2)c(Cl)c1[N+](=O)[O-]. The quantitative estimate of drug-likeness (QED) is 0.536. The number of nitro groups is 1. The Balaban J connectivity index is 2.22. The highest BCUT2D eigenvalue weighted by Gasteiger charge is 2.29. The number of fused-ring (bicyclic) bond motifs is 1. The van der Waals surface area contributed by atoms with Gasteiger partial charge in [0.05, 0.1) is 15.1 Å². The summed E-state index contributed by atoms with van der Waals surface area (Å²) in [6.07, 6.45) is 0. The average molecular weight is 323 g/mol. The van der Waals surface area contributed by atoms with Crippen LogP contribution in [0.5, 0.6) is 0 Å². The van der Waals surface area contributed by atoms with Crippen LogP contribution in [0.3, 0.4) is 0 Å². The minimum Gasteiger partial charge on any atom is -0.258 e. The van der Waals surface area contributed by atoms with Crippen LogP contribution in [0.15, 0.2) is 24.3 Å². The van der Waals surface area contributed by atoms with Crippen LogP contribution in [0.1, 0.15) is 25.5 Å². The minimum absolute atomic E-state index is 0.0113. The van der Waals surface area contributed by atoms with Gasteiger partial charge < -0.3 is 0 Å². The van der Waals surface area contributed by atoms with Crippen LogP contribution < -0.4 is 0 Å². The highest BCUT2D eigenvalue weighted by Crippen LogP contribution is 2.36. The second-order valence-electron chi connectivity index (χ2n) is 4.81. The molecule has 0 saturated carbocycles. The van der Waals surface area contributed by atoms with E-state index in [0.29, 0.717) is 10.8 Å². The zero-order valence-corrected chi connectivity index (χ0v) is 12.9. The molecule has 21 heavy (non-hydrogen) atoms. The topological polar surface area (TPSA) is 73.8 Å². The molecule has 0 bridgehead atoms. The molecule has 0 aliphatic rings. The summed E-state index contributed by atoms with van der Waals surface area (Å²) in [7, 11) is 0. The summed E-state index contributed by atoms with van der Waals surface area (Å²) in [5.74, 6) is -0.0986. The molecule has 1 aromatic carbocycles. The van der Waals surface area contributed by atoms with Crippen molar-refractivity contribution < 1.29 is 4.92 Å². The molecule has 0 saturated heterocycles. The third kappa shape index (κ3) is 2.28. The number of para-hydroxylation sites is 1. The average Bonchev–Trinajstić information content (AvgIpc) is 2.98. The Labute approximate surface area is 129 Å². The van der Waals surface area contributed by atoms with E-state index in [-0.39, 0.29) is 16.8 Å². The van der Waals surface area contributed by atoms with Gasteiger partial charge in [0.15, 0.2) is 0 Å². The number of hydrogen-bond donors (Lipinski definition) is 0. The Morgan fingerprint density at radius 1 is 1.38 bits per heavy atom. The van der Waals surface area contributed by atoms with E-state index < -0.39 is 4.92 Å². The van der Waals surface area contributed by atoms with Crippen molar-refractivity contribution in [3.8, 4) is 5.13 Å². The van der Waals surface area contributed by atoms with Gasteiger partial charge in [0.25, 0.3) is 0 Å². The number of benzene rings is 1. The predicted octanol–water partition coefficient (Wildman–Crippen LogP) is 4.17. The summed E-state index contributed by atoms with van der Waals surface area (Å²) in [6, 6.07) is 7.62. The maximum Gasteiger partial charge on any atom is 0.329 e. The molecule has 0 radical (unpaired) electrons. The Kier molecular flexibility index (Phi) is 3.38. The zero-order chi connectivity index (χ0) is 15.1. The number of halogens is 1. The normalized spacial score (nSPS) is 11.4. The van der Waals surface area contributed by atoms with Crippen LogP contribution in [0, 0.1) is 10.1 Å². The number of nitrogens with zero attached hydrogens (tertiary/aromatic N) is 4. The Bertz CT molecular complexity index is 807. The first kappa shape index (κ1) is 14.0. The summed E-state index contributed by atoms with van der Waals surface area (Å²) < 4.78 is 2.33. The first-order valence-electron chi connectivity index (χ1n) is 6.27. The lowest BCUT2D eigenvalue weighted by atomic mass is 10.1. The largest absolute Gasteiger partial charge is 0.329 e. The summed E-state index contributed by atoms with van der Waals surface area (Å²) >= 11 is 7.55. The van der Waals surface area contributed by atoms with E-state index >= 15 is 0 Å². The van der Waals surface area contributed by atoms with Gasteiger partial charge in [-0.2, -0.15) is 9.78 Å². The molecule has 0 atom stereocenters. The van der Waals surface area contributed by atoms with Crippen LogP contribution in [0.4, 0.5) is 5.69 Å². The van der Waals surface area contributed by atoms with E-state index in [1.165, 1.54) is 16.0 Å². The summed E-state index contributed by atoms with van der Waals surface area (Å²) in [6.45, 7) is 3.68. The van der Waals surface area contributed by atoms with E-state index in [0.717, 1.165) is 10.2 Å². The molecule has 6 nitrogen and oxygen atoms in total. The molecular formula is C13H11ClN4O2S. The second kappa shape index (κ2) is 5.09. The van der Waals surface area contributed by atoms with E-state index in [1.807, 2.05) is 38.1 Å². The lowest BCUT2D eigenvalue weighted by Crippen LogP contribution is -1.97. The summed E-state index contributed by atoms with van der Waals surface area (Å²) in [5, 5.41) is 16.0. The van der Waals surface area contributed by atoms with Crippen LogP contribution in [-0.4, -0.2) is 19.7 Å². The molecule has 2 heterocycles. The lowest BCUT2D eigenvalue weighted by molar-refractivity contribution is -0.385. The third-order valence-electron chi connectivity index (χ3n) is 3.02. The van der Waals surface area contributed by atoms with Crippen molar-refractivity contribution in [2.45, 2.75) is 19.8 Å². The molecule has 2 aromatic heterocycles. The fourth-order valence-electron chi connectivity index (χ4n) is 2.04. The Hall–Kier alpha value is -1.99. The number of rotatable bonds is 3. The first-order chi connectivity index (χ1) is 9.99. The molecule has 0 spiro atoms. The molecule has 108 valence electrons. The number of hydrogen-bond acceptors (Lipinski definition) is 5. The Morgan fingerprint density at radius 2 is 2.10 bits per heavy atom.